The smallest absolute Gasteiger partial charge is 0.214 e. The average Bonchev–Trinajstić information content (AvgIpc) is 3.08. The number of rotatable bonds is 2. The van der Waals surface area contributed by atoms with Crippen LogP contribution < -0.4 is 0 Å². The summed E-state index contributed by atoms with van der Waals surface area (Å²) in [7, 11) is 2.05. The second-order valence-corrected chi connectivity index (χ2v) is 7.26. The molecule has 0 aliphatic carbocycles. The summed E-state index contributed by atoms with van der Waals surface area (Å²) < 4.78 is 6.33. The molecule has 0 atom stereocenters. The molecule has 0 N–H and O–H groups in total. The van der Waals surface area contributed by atoms with Crippen molar-refractivity contribution in [3.05, 3.63) is 69.9 Å². The number of hydrogen-bond acceptors (Lipinski definition) is 1. The van der Waals surface area contributed by atoms with Gasteiger partial charge in [0.15, 0.2) is 0 Å². The fraction of sp³-hybridized carbons (Fsp3) is 0.0556. The van der Waals surface area contributed by atoms with E-state index in [1.807, 2.05) is 19.2 Å². The summed E-state index contributed by atoms with van der Waals surface area (Å²) in [6, 6.07) is 16.5. The maximum Gasteiger partial charge on any atom is 0.214 e. The summed E-state index contributed by atoms with van der Waals surface area (Å²) in [5.41, 5.74) is 4.39. The highest BCUT2D eigenvalue weighted by atomic mass is 79.9. The highest BCUT2D eigenvalue weighted by molar-refractivity contribution is 9.10. The molecule has 0 aliphatic rings. The van der Waals surface area contributed by atoms with Crippen molar-refractivity contribution in [2.45, 2.75) is 0 Å². The third kappa shape index (κ3) is 2.64. The third-order valence-electron chi connectivity index (χ3n) is 3.90. The zero-order valence-electron chi connectivity index (χ0n) is 12.4. The van der Waals surface area contributed by atoms with Crippen LogP contribution in [0.2, 0.25) is 0 Å². The van der Waals surface area contributed by atoms with Gasteiger partial charge in [-0.1, -0.05) is 56.1 Å². The van der Waals surface area contributed by atoms with E-state index >= 15 is 0 Å². The molecule has 2 aromatic heterocycles. The minimum absolute atomic E-state index is 0.929. The number of nitrogens with zero attached hydrogens (tertiary/aromatic N) is 3. The normalized spacial score (nSPS) is 11.3. The van der Waals surface area contributed by atoms with Crippen LogP contribution in [0.5, 0.6) is 0 Å². The minimum Gasteiger partial charge on any atom is -0.313 e. The number of aromatic nitrogens is 3. The largest absolute Gasteiger partial charge is 0.313 e. The Balaban J connectivity index is 1.81. The van der Waals surface area contributed by atoms with Gasteiger partial charge < -0.3 is 4.57 Å². The standard InChI is InChI=1S/C18H13Br2N3/c1-22-17(12-5-7-14(19)8-6-12)11-23-10-16(21-18(22)23)13-3-2-4-15(20)9-13/h2-11H,1H3. The van der Waals surface area contributed by atoms with Crippen LogP contribution in [0.4, 0.5) is 0 Å². The molecule has 114 valence electrons. The van der Waals surface area contributed by atoms with E-state index in [-0.39, 0.29) is 0 Å². The van der Waals surface area contributed by atoms with Gasteiger partial charge in [-0.2, -0.15) is 0 Å². The molecule has 0 radical (unpaired) electrons. The van der Waals surface area contributed by atoms with Gasteiger partial charge in [0.2, 0.25) is 5.78 Å². The van der Waals surface area contributed by atoms with Crippen LogP contribution in [0.3, 0.4) is 0 Å². The number of aryl methyl sites for hydroxylation is 1. The second kappa shape index (κ2) is 5.65. The van der Waals surface area contributed by atoms with E-state index in [9.17, 15) is 0 Å². The molecule has 0 unspecified atom stereocenters. The maximum absolute atomic E-state index is 4.78. The molecule has 0 fully saturated rings. The van der Waals surface area contributed by atoms with E-state index in [0.29, 0.717) is 0 Å². The van der Waals surface area contributed by atoms with Gasteiger partial charge >= 0.3 is 0 Å². The molecule has 4 aromatic rings. The van der Waals surface area contributed by atoms with Gasteiger partial charge in [-0.15, -0.1) is 0 Å². The molecule has 2 heterocycles. The van der Waals surface area contributed by atoms with Gasteiger partial charge in [-0.05, 0) is 29.8 Å². The van der Waals surface area contributed by atoms with Crippen LogP contribution in [0.1, 0.15) is 0 Å². The number of imidazole rings is 2. The number of hydrogen-bond donors (Lipinski definition) is 0. The van der Waals surface area contributed by atoms with Gasteiger partial charge in [-0.25, -0.2) is 4.98 Å². The van der Waals surface area contributed by atoms with Crippen LogP contribution in [-0.2, 0) is 7.05 Å². The molecule has 0 spiro atoms. The number of halogens is 2. The molecule has 0 saturated heterocycles. The van der Waals surface area contributed by atoms with Crippen molar-refractivity contribution >= 4 is 37.6 Å². The Bertz CT molecular complexity index is 997. The Hall–Kier alpha value is -1.85. The molecule has 0 bridgehead atoms. The molecule has 3 nitrogen and oxygen atoms in total. The number of fused-ring (bicyclic) bond motifs is 1. The Morgan fingerprint density at radius 3 is 2.35 bits per heavy atom. The topological polar surface area (TPSA) is 22.2 Å². The van der Waals surface area contributed by atoms with E-state index < -0.39 is 0 Å². The first-order valence-corrected chi connectivity index (χ1v) is 8.77. The lowest BCUT2D eigenvalue weighted by Gasteiger charge is -2.03. The lowest BCUT2D eigenvalue weighted by Crippen LogP contribution is -1.92. The Labute approximate surface area is 150 Å². The lowest BCUT2D eigenvalue weighted by atomic mass is 10.1. The first-order chi connectivity index (χ1) is 11.1. The van der Waals surface area contributed by atoms with Crippen molar-refractivity contribution in [3.63, 3.8) is 0 Å². The highest BCUT2D eigenvalue weighted by Crippen LogP contribution is 2.27. The van der Waals surface area contributed by atoms with Crippen LogP contribution >= 0.6 is 31.9 Å². The zero-order valence-corrected chi connectivity index (χ0v) is 15.5. The molecular weight excluding hydrogens is 418 g/mol. The van der Waals surface area contributed by atoms with Crippen molar-refractivity contribution in [1.82, 2.24) is 14.0 Å². The molecule has 5 heteroatoms. The van der Waals surface area contributed by atoms with Crippen molar-refractivity contribution in [2.75, 3.05) is 0 Å². The van der Waals surface area contributed by atoms with E-state index in [2.05, 4.69) is 89.6 Å². The fourth-order valence-electron chi connectivity index (χ4n) is 2.73. The molecular formula is C18H13Br2N3. The lowest BCUT2D eigenvalue weighted by molar-refractivity contribution is 0.945. The Morgan fingerprint density at radius 1 is 0.870 bits per heavy atom. The van der Waals surface area contributed by atoms with Crippen LogP contribution in [0, 0.1) is 0 Å². The van der Waals surface area contributed by atoms with E-state index in [0.717, 1.165) is 31.7 Å². The molecule has 4 rings (SSSR count). The van der Waals surface area contributed by atoms with Crippen molar-refractivity contribution < 1.29 is 0 Å². The summed E-state index contributed by atoms with van der Waals surface area (Å²) >= 11 is 6.99. The third-order valence-corrected chi connectivity index (χ3v) is 4.92. The van der Waals surface area contributed by atoms with Crippen molar-refractivity contribution in [1.29, 1.82) is 0 Å². The van der Waals surface area contributed by atoms with Gasteiger partial charge in [-0.3, -0.25) is 4.40 Å². The van der Waals surface area contributed by atoms with E-state index in [1.165, 1.54) is 5.56 Å². The first-order valence-electron chi connectivity index (χ1n) is 7.18. The Kier molecular flexibility index (Phi) is 3.62. The van der Waals surface area contributed by atoms with Gasteiger partial charge in [0.1, 0.15) is 0 Å². The monoisotopic (exact) mass is 429 g/mol. The summed E-state index contributed by atoms with van der Waals surface area (Å²) in [4.78, 5) is 4.78. The van der Waals surface area contributed by atoms with Crippen molar-refractivity contribution in [2.24, 2.45) is 7.05 Å². The van der Waals surface area contributed by atoms with Crippen molar-refractivity contribution in [3.8, 4) is 22.5 Å². The molecule has 23 heavy (non-hydrogen) atoms. The summed E-state index contributed by atoms with van der Waals surface area (Å²) in [6.45, 7) is 0. The molecule has 0 aliphatic heterocycles. The van der Waals surface area contributed by atoms with Gasteiger partial charge in [0.25, 0.3) is 0 Å². The number of benzene rings is 2. The fourth-order valence-corrected chi connectivity index (χ4v) is 3.39. The predicted molar refractivity (Wildman–Crippen MR) is 100 cm³/mol. The second-order valence-electron chi connectivity index (χ2n) is 5.42. The molecule has 2 aromatic carbocycles. The summed E-state index contributed by atoms with van der Waals surface area (Å²) in [5.74, 6) is 0.929. The SMILES string of the molecule is Cn1c(-c2ccc(Br)cc2)cn2cc(-c3cccc(Br)c3)nc12. The maximum atomic E-state index is 4.78. The summed E-state index contributed by atoms with van der Waals surface area (Å²) in [6.07, 6.45) is 4.19. The van der Waals surface area contributed by atoms with Crippen LogP contribution in [0.25, 0.3) is 28.3 Å². The quantitative estimate of drug-likeness (QED) is 0.409. The average molecular weight is 431 g/mol. The summed E-state index contributed by atoms with van der Waals surface area (Å²) in [5, 5.41) is 0. The Morgan fingerprint density at radius 2 is 1.65 bits per heavy atom. The zero-order chi connectivity index (χ0) is 16.0. The highest BCUT2D eigenvalue weighted by Gasteiger charge is 2.12. The minimum atomic E-state index is 0.929. The van der Waals surface area contributed by atoms with E-state index in [1.54, 1.807) is 0 Å². The van der Waals surface area contributed by atoms with Crippen LogP contribution in [-0.4, -0.2) is 14.0 Å². The molecule has 0 amide bonds. The molecule has 0 saturated carbocycles. The van der Waals surface area contributed by atoms with Gasteiger partial charge in [0, 0.05) is 34.0 Å². The predicted octanol–water partition coefficient (Wildman–Crippen LogP) is 5.53. The van der Waals surface area contributed by atoms with E-state index in [4.69, 9.17) is 4.98 Å². The van der Waals surface area contributed by atoms with Crippen LogP contribution in [0.15, 0.2) is 69.9 Å². The van der Waals surface area contributed by atoms with Gasteiger partial charge in [0.05, 0.1) is 11.4 Å². The first kappa shape index (κ1) is 14.7.